The van der Waals surface area contributed by atoms with Gasteiger partial charge in [-0.1, -0.05) is 104 Å². The van der Waals surface area contributed by atoms with Crippen molar-refractivity contribution in [3.8, 4) is 0 Å². The Hall–Kier alpha value is -1.96. The highest BCUT2D eigenvalue weighted by atomic mass is 16.6. The van der Waals surface area contributed by atoms with Crippen molar-refractivity contribution in [2.75, 3.05) is 6.61 Å². The van der Waals surface area contributed by atoms with E-state index in [1.165, 1.54) is 57.8 Å². The molecule has 0 saturated carbocycles. The van der Waals surface area contributed by atoms with E-state index in [9.17, 15) is 24.3 Å². The summed E-state index contributed by atoms with van der Waals surface area (Å²) in [7, 11) is 0. The number of aliphatic carboxylic acids is 1. The Balaban J connectivity index is 4.11. The van der Waals surface area contributed by atoms with Gasteiger partial charge in [-0.05, 0) is 12.8 Å². The Kier molecular flexibility index (Phi) is 20.1. The molecule has 0 bridgehead atoms. The topological polar surface area (TPSA) is 127 Å². The molecule has 0 aromatic carbocycles. The molecule has 35 heavy (non-hydrogen) atoms. The highest BCUT2D eigenvalue weighted by Gasteiger charge is 2.43. The van der Waals surface area contributed by atoms with Crippen LogP contribution >= 0.6 is 0 Å². The van der Waals surface area contributed by atoms with Gasteiger partial charge < -0.3 is 19.7 Å². The van der Waals surface area contributed by atoms with E-state index >= 15 is 0 Å². The number of rotatable bonds is 23. The first-order valence-electron chi connectivity index (χ1n) is 13.6. The van der Waals surface area contributed by atoms with Crippen LogP contribution in [0.4, 0.5) is 0 Å². The zero-order chi connectivity index (χ0) is 26.4. The lowest BCUT2D eigenvalue weighted by atomic mass is 9.95. The Morgan fingerprint density at radius 1 is 0.629 bits per heavy atom. The summed E-state index contributed by atoms with van der Waals surface area (Å²) in [5.74, 6) is -4.56. The van der Waals surface area contributed by atoms with Crippen molar-refractivity contribution < 1.29 is 38.9 Å². The zero-order valence-corrected chi connectivity index (χ0v) is 22.0. The van der Waals surface area contributed by atoms with Gasteiger partial charge in [0.15, 0.2) is 5.60 Å². The fraction of sp³-hybridized carbons (Fsp3) is 0.852. The van der Waals surface area contributed by atoms with Crippen LogP contribution in [0.2, 0.25) is 0 Å². The quantitative estimate of drug-likeness (QED) is 0.101. The van der Waals surface area contributed by atoms with Crippen LogP contribution in [0, 0.1) is 0 Å². The molecule has 8 nitrogen and oxygen atoms in total. The molecule has 0 aliphatic heterocycles. The first-order valence-corrected chi connectivity index (χ1v) is 13.6. The second-order valence-corrected chi connectivity index (χ2v) is 9.46. The number of aliphatic hydroxyl groups is 1. The van der Waals surface area contributed by atoms with Crippen LogP contribution in [0.5, 0.6) is 0 Å². The van der Waals surface area contributed by atoms with E-state index in [4.69, 9.17) is 9.84 Å². The Labute approximate surface area is 211 Å². The number of ether oxygens (including phenoxy) is 2. The van der Waals surface area contributed by atoms with Gasteiger partial charge in [-0.15, -0.1) is 0 Å². The monoisotopic (exact) mass is 500 g/mol. The van der Waals surface area contributed by atoms with E-state index in [2.05, 4.69) is 11.7 Å². The summed E-state index contributed by atoms with van der Waals surface area (Å²) in [5, 5.41) is 19.5. The largest absolute Gasteiger partial charge is 0.481 e. The SMILES string of the molecule is CCCCCCCCCCCCCCCOC(=O)C(O)(CC(=O)O)CC(=O)OC(=O)CCCCC. The molecule has 0 aliphatic rings. The Bertz CT molecular complexity index is 604. The van der Waals surface area contributed by atoms with Crippen LogP contribution in [0.1, 0.15) is 136 Å². The lowest BCUT2D eigenvalue weighted by molar-refractivity contribution is -0.178. The molecule has 0 heterocycles. The number of hydrogen-bond acceptors (Lipinski definition) is 7. The van der Waals surface area contributed by atoms with Gasteiger partial charge in [-0.3, -0.25) is 14.4 Å². The lowest BCUT2D eigenvalue weighted by Crippen LogP contribution is -2.44. The molecule has 0 aliphatic carbocycles. The van der Waals surface area contributed by atoms with Gasteiger partial charge in [0.25, 0.3) is 0 Å². The maximum Gasteiger partial charge on any atom is 0.339 e. The summed E-state index contributed by atoms with van der Waals surface area (Å²) in [5.41, 5.74) is -2.57. The molecule has 204 valence electrons. The van der Waals surface area contributed by atoms with Crippen LogP contribution in [-0.4, -0.2) is 46.3 Å². The highest BCUT2D eigenvalue weighted by molar-refractivity contribution is 5.92. The molecule has 1 atom stereocenters. The number of hydrogen-bond donors (Lipinski definition) is 2. The number of esters is 3. The summed E-state index contributed by atoms with van der Waals surface area (Å²) in [6.45, 7) is 4.22. The molecule has 0 spiro atoms. The number of carbonyl (C=O) groups is 4. The maximum absolute atomic E-state index is 12.3. The van der Waals surface area contributed by atoms with Gasteiger partial charge in [-0.2, -0.15) is 0 Å². The number of carboxylic acids is 1. The fourth-order valence-electron chi connectivity index (χ4n) is 3.85. The molecular weight excluding hydrogens is 452 g/mol. The standard InChI is InChI=1S/C27H48O8/c1-3-5-7-8-9-10-11-12-13-14-15-16-18-20-34-26(32)27(33,21-23(28)29)22-25(31)35-24(30)19-17-6-4-2/h33H,3-22H2,1-2H3,(H,28,29). The van der Waals surface area contributed by atoms with E-state index in [-0.39, 0.29) is 13.0 Å². The van der Waals surface area contributed by atoms with Crippen molar-refractivity contribution in [1.29, 1.82) is 0 Å². The lowest BCUT2D eigenvalue weighted by Gasteiger charge is -2.23. The predicted molar refractivity (Wildman–Crippen MR) is 134 cm³/mol. The van der Waals surface area contributed by atoms with Gasteiger partial charge in [-0.25, -0.2) is 4.79 Å². The van der Waals surface area contributed by atoms with E-state index in [1.54, 1.807) is 0 Å². The van der Waals surface area contributed by atoms with Gasteiger partial charge in [0, 0.05) is 6.42 Å². The molecule has 0 saturated heterocycles. The molecule has 0 rings (SSSR count). The second kappa shape index (κ2) is 21.3. The van der Waals surface area contributed by atoms with Gasteiger partial charge in [0.05, 0.1) is 19.4 Å². The van der Waals surface area contributed by atoms with E-state index in [1.807, 2.05) is 6.92 Å². The third-order valence-corrected chi connectivity index (χ3v) is 5.95. The number of carboxylic acid groups (broad SMARTS) is 1. The minimum absolute atomic E-state index is 0.0313. The smallest absolute Gasteiger partial charge is 0.339 e. The Morgan fingerprint density at radius 3 is 1.57 bits per heavy atom. The fourth-order valence-corrected chi connectivity index (χ4v) is 3.85. The average molecular weight is 501 g/mol. The summed E-state index contributed by atoms with van der Waals surface area (Å²) >= 11 is 0. The first kappa shape index (κ1) is 33.0. The maximum atomic E-state index is 12.3. The van der Waals surface area contributed by atoms with E-state index < -0.39 is 42.3 Å². The minimum atomic E-state index is -2.57. The molecule has 0 aromatic rings. The highest BCUT2D eigenvalue weighted by Crippen LogP contribution is 2.20. The van der Waals surface area contributed by atoms with Crippen molar-refractivity contribution in [2.45, 2.75) is 141 Å². The van der Waals surface area contributed by atoms with Crippen LogP contribution in [-0.2, 0) is 28.7 Å². The molecule has 0 radical (unpaired) electrons. The summed E-state index contributed by atoms with van der Waals surface area (Å²) < 4.78 is 9.66. The van der Waals surface area contributed by atoms with E-state index in [0.717, 1.165) is 32.1 Å². The van der Waals surface area contributed by atoms with Crippen LogP contribution in [0.3, 0.4) is 0 Å². The number of unbranched alkanes of at least 4 members (excludes halogenated alkanes) is 14. The first-order chi connectivity index (χ1) is 16.7. The van der Waals surface area contributed by atoms with Crippen LogP contribution in [0.25, 0.3) is 0 Å². The van der Waals surface area contributed by atoms with Crippen LogP contribution in [0.15, 0.2) is 0 Å². The van der Waals surface area contributed by atoms with E-state index in [0.29, 0.717) is 12.8 Å². The summed E-state index contributed by atoms with van der Waals surface area (Å²) in [6.07, 6.45) is 15.5. The molecule has 0 fully saturated rings. The summed E-state index contributed by atoms with van der Waals surface area (Å²) in [4.78, 5) is 47.1. The number of carbonyl (C=O) groups excluding carboxylic acids is 3. The molecular formula is C27H48O8. The molecule has 2 N–H and O–H groups in total. The van der Waals surface area contributed by atoms with Crippen LogP contribution < -0.4 is 0 Å². The predicted octanol–water partition coefficient (Wildman–Crippen LogP) is 5.87. The minimum Gasteiger partial charge on any atom is -0.481 e. The molecule has 8 heteroatoms. The normalized spacial score (nSPS) is 12.7. The van der Waals surface area contributed by atoms with Gasteiger partial charge >= 0.3 is 23.9 Å². The van der Waals surface area contributed by atoms with Crippen molar-refractivity contribution >= 4 is 23.9 Å². The van der Waals surface area contributed by atoms with Gasteiger partial charge in [0.2, 0.25) is 0 Å². The average Bonchev–Trinajstić information content (AvgIpc) is 2.78. The van der Waals surface area contributed by atoms with Crippen molar-refractivity contribution in [3.63, 3.8) is 0 Å². The summed E-state index contributed by atoms with van der Waals surface area (Å²) in [6, 6.07) is 0. The Morgan fingerprint density at radius 2 is 1.09 bits per heavy atom. The third kappa shape index (κ3) is 19.0. The van der Waals surface area contributed by atoms with Crippen molar-refractivity contribution in [2.24, 2.45) is 0 Å². The molecule has 0 aromatic heterocycles. The zero-order valence-electron chi connectivity index (χ0n) is 22.0. The second-order valence-electron chi connectivity index (χ2n) is 9.46. The molecule has 0 amide bonds. The van der Waals surface area contributed by atoms with Crippen molar-refractivity contribution in [1.82, 2.24) is 0 Å². The third-order valence-electron chi connectivity index (χ3n) is 5.95. The molecule has 1 unspecified atom stereocenters. The van der Waals surface area contributed by atoms with Crippen molar-refractivity contribution in [3.05, 3.63) is 0 Å². The van der Waals surface area contributed by atoms with Gasteiger partial charge in [0.1, 0.15) is 0 Å².